The first-order valence-corrected chi connectivity index (χ1v) is 8.71. The number of hydrogen-bond acceptors (Lipinski definition) is 4. The number of alkyl halides is 3. The fourth-order valence-electron chi connectivity index (χ4n) is 3.80. The zero-order valence-electron chi connectivity index (χ0n) is 14.0. The van der Waals surface area contributed by atoms with Gasteiger partial charge in [-0.2, -0.15) is 33.7 Å². The maximum absolute atomic E-state index is 12.8. The lowest BCUT2D eigenvalue weighted by molar-refractivity contribution is -0.141. The number of nitrogens with zero attached hydrogens (tertiary/aromatic N) is 5. The molecule has 1 amide bonds. The van der Waals surface area contributed by atoms with E-state index in [2.05, 4.69) is 20.5 Å². The predicted octanol–water partition coefficient (Wildman–Crippen LogP) is 1.99. The van der Waals surface area contributed by atoms with E-state index in [1.807, 2.05) is 4.90 Å². The number of fused-ring (bicyclic) bond motifs is 1. The third kappa shape index (κ3) is 3.19. The van der Waals surface area contributed by atoms with Crippen molar-refractivity contribution in [3.8, 4) is 0 Å². The number of aryl methyl sites for hydroxylation is 1. The van der Waals surface area contributed by atoms with Gasteiger partial charge in [-0.25, -0.2) is 0 Å². The van der Waals surface area contributed by atoms with Crippen LogP contribution in [0.3, 0.4) is 0 Å². The molecule has 140 valence electrons. The number of nitrogens with one attached hydrogen (secondary N) is 1. The van der Waals surface area contributed by atoms with Crippen LogP contribution in [0.4, 0.5) is 13.2 Å². The zero-order chi connectivity index (χ0) is 18.3. The Hall–Kier alpha value is -2.39. The van der Waals surface area contributed by atoms with E-state index in [9.17, 15) is 18.0 Å². The SMILES string of the molecule is O=C(C1CCc2n[nH]nc2C1)N1CCC(n2ccc(C(F)(F)F)n2)CC1. The van der Waals surface area contributed by atoms with Crippen LogP contribution in [-0.4, -0.2) is 49.1 Å². The van der Waals surface area contributed by atoms with Gasteiger partial charge >= 0.3 is 6.18 Å². The fraction of sp³-hybridized carbons (Fsp3) is 0.625. The highest BCUT2D eigenvalue weighted by atomic mass is 19.4. The zero-order valence-corrected chi connectivity index (χ0v) is 14.0. The molecule has 0 aromatic carbocycles. The molecule has 7 nitrogen and oxygen atoms in total. The van der Waals surface area contributed by atoms with Gasteiger partial charge in [0.05, 0.1) is 17.4 Å². The molecule has 0 bridgehead atoms. The third-order valence-corrected chi connectivity index (χ3v) is 5.27. The van der Waals surface area contributed by atoms with Gasteiger partial charge in [-0.15, -0.1) is 0 Å². The lowest BCUT2D eigenvalue weighted by Gasteiger charge is -2.35. The molecule has 1 aliphatic carbocycles. The Morgan fingerprint density at radius 2 is 1.88 bits per heavy atom. The highest BCUT2D eigenvalue weighted by Gasteiger charge is 2.35. The predicted molar refractivity (Wildman–Crippen MR) is 84.0 cm³/mol. The van der Waals surface area contributed by atoms with Crippen molar-refractivity contribution in [1.82, 2.24) is 30.1 Å². The van der Waals surface area contributed by atoms with Crippen LogP contribution in [0.15, 0.2) is 12.3 Å². The first kappa shape index (κ1) is 17.0. The van der Waals surface area contributed by atoms with Crippen LogP contribution in [0.5, 0.6) is 0 Å². The van der Waals surface area contributed by atoms with Crippen molar-refractivity contribution in [2.75, 3.05) is 13.1 Å². The van der Waals surface area contributed by atoms with Crippen molar-refractivity contribution >= 4 is 5.91 Å². The number of piperidine rings is 1. The lowest BCUT2D eigenvalue weighted by Crippen LogP contribution is -2.43. The van der Waals surface area contributed by atoms with E-state index >= 15 is 0 Å². The van der Waals surface area contributed by atoms with Crippen LogP contribution in [0.2, 0.25) is 0 Å². The van der Waals surface area contributed by atoms with Crippen LogP contribution in [0.25, 0.3) is 0 Å². The van der Waals surface area contributed by atoms with Gasteiger partial charge < -0.3 is 4.90 Å². The molecule has 1 atom stereocenters. The van der Waals surface area contributed by atoms with E-state index in [1.54, 1.807) is 0 Å². The van der Waals surface area contributed by atoms with Crippen molar-refractivity contribution in [3.63, 3.8) is 0 Å². The van der Waals surface area contributed by atoms with Crippen LogP contribution < -0.4 is 0 Å². The topological polar surface area (TPSA) is 79.7 Å². The van der Waals surface area contributed by atoms with Crippen LogP contribution in [0.1, 0.15) is 42.4 Å². The Balaban J connectivity index is 1.35. The first-order chi connectivity index (χ1) is 12.4. The highest BCUT2D eigenvalue weighted by Crippen LogP contribution is 2.30. The maximum Gasteiger partial charge on any atom is 0.435 e. The van der Waals surface area contributed by atoms with Gasteiger partial charge in [0.2, 0.25) is 5.91 Å². The molecule has 0 saturated carbocycles. The number of carbonyl (C=O) groups excluding carboxylic acids is 1. The summed E-state index contributed by atoms with van der Waals surface area (Å²) in [5.41, 5.74) is 0.925. The molecule has 1 aliphatic heterocycles. The van der Waals surface area contributed by atoms with E-state index < -0.39 is 11.9 Å². The number of likely N-dealkylation sites (tertiary alicyclic amines) is 1. The van der Waals surface area contributed by atoms with Gasteiger partial charge in [-0.05, 0) is 31.7 Å². The highest BCUT2D eigenvalue weighted by molar-refractivity contribution is 5.79. The molecule has 2 aromatic rings. The van der Waals surface area contributed by atoms with Crippen molar-refractivity contribution in [2.24, 2.45) is 5.92 Å². The second kappa shape index (κ2) is 6.40. The molecule has 10 heteroatoms. The van der Waals surface area contributed by atoms with E-state index in [4.69, 9.17) is 0 Å². The third-order valence-electron chi connectivity index (χ3n) is 5.27. The van der Waals surface area contributed by atoms with Gasteiger partial charge in [0.15, 0.2) is 5.69 Å². The molecular formula is C16H19F3N6O. The first-order valence-electron chi connectivity index (χ1n) is 8.71. The molecule has 4 rings (SSSR count). The van der Waals surface area contributed by atoms with Gasteiger partial charge in [-0.1, -0.05) is 0 Å². The molecule has 1 unspecified atom stereocenters. The van der Waals surface area contributed by atoms with Crippen LogP contribution >= 0.6 is 0 Å². The number of rotatable bonds is 2. The Morgan fingerprint density at radius 1 is 1.15 bits per heavy atom. The molecule has 0 spiro atoms. The summed E-state index contributed by atoms with van der Waals surface area (Å²) in [5, 5.41) is 14.4. The largest absolute Gasteiger partial charge is 0.435 e. The van der Waals surface area contributed by atoms with Crippen molar-refractivity contribution in [1.29, 1.82) is 0 Å². The van der Waals surface area contributed by atoms with Crippen LogP contribution in [0, 0.1) is 5.92 Å². The van der Waals surface area contributed by atoms with Gasteiger partial charge in [0, 0.05) is 31.6 Å². The fourth-order valence-corrected chi connectivity index (χ4v) is 3.80. The summed E-state index contributed by atoms with van der Waals surface area (Å²) in [5.74, 6) is 0.0132. The average Bonchev–Trinajstić information content (AvgIpc) is 3.29. The van der Waals surface area contributed by atoms with Crippen molar-refractivity contribution in [3.05, 3.63) is 29.3 Å². The molecule has 1 saturated heterocycles. The van der Waals surface area contributed by atoms with E-state index in [-0.39, 0.29) is 17.9 Å². The Morgan fingerprint density at radius 3 is 2.58 bits per heavy atom. The summed E-state index contributed by atoms with van der Waals surface area (Å²) in [6.07, 6.45) is 0.248. The normalized spacial score (nSPS) is 21.7. The summed E-state index contributed by atoms with van der Waals surface area (Å²) in [6.45, 7) is 1.07. The number of amides is 1. The van der Waals surface area contributed by atoms with Gasteiger partial charge in [-0.3, -0.25) is 9.48 Å². The second-order valence-corrected chi connectivity index (χ2v) is 6.89. The minimum absolute atomic E-state index is 0.0920. The molecule has 2 aromatic heterocycles. The van der Waals surface area contributed by atoms with Crippen LogP contribution in [-0.2, 0) is 23.8 Å². The van der Waals surface area contributed by atoms with Gasteiger partial charge in [0.25, 0.3) is 0 Å². The summed E-state index contributed by atoms with van der Waals surface area (Å²) in [4.78, 5) is 14.6. The molecule has 2 aliphatic rings. The monoisotopic (exact) mass is 368 g/mol. The molecule has 3 heterocycles. The van der Waals surface area contributed by atoms with Crippen molar-refractivity contribution in [2.45, 2.75) is 44.3 Å². The van der Waals surface area contributed by atoms with Gasteiger partial charge in [0.1, 0.15) is 0 Å². The quantitative estimate of drug-likeness (QED) is 0.879. The van der Waals surface area contributed by atoms with E-state index in [1.165, 1.54) is 10.9 Å². The molecule has 1 fully saturated rings. The summed E-state index contributed by atoms with van der Waals surface area (Å²) >= 11 is 0. The average molecular weight is 368 g/mol. The molecule has 26 heavy (non-hydrogen) atoms. The Kier molecular flexibility index (Phi) is 4.20. The molecular weight excluding hydrogens is 349 g/mol. The number of hydrogen-bond donors (Lipinski definition) is 1. The number of carbonyl (C=O) groups is 1. The van der Waals surface area contributed by atoms with Crippen molar-refractivity contribution < 1.29 is 18.0 Å². The summed E-state index contributed by atoms with van der Waals surface area (Å²) in [6, 6.07) is 0.887. The van der Waals surface area contributed by atoms with E-state index in [0.29, 0.717) is 32.4 Å². The minimum Gasteiger partial charge on any atom is -0.342 e. The Labute approximate surface area is 147 Å². The van der Waals surface area contributed by atoms with E-state index in [0.717, 1.165) is 30.3 Å². The lowest BCUT2D eigenvalue weighted by atomic mass is 9.88. The number of aromatic nitrogens is 5. The maximum atomic E-state index is 12.8. The Bertz CT molecular complexity index is 790. The number of H-pyrrole nitrogens is 1. The second-order valence-electron chi connectivity index (χ2n) is 6.89. The smallest absolute Gasteiger partial charge is 0.342 e. The number of aromatic amines is 1. The minimum atomic E-state index is -4.43. The summed E-state index contributed by atoms with van der Waals surface area (Å²) < 4.78 is 39.4. The standard InChI is InChI=1S/C16H19F3N6O/c17-16(18,19)14-5-8-25(22-14)11-3-6-24(7-4-11)15(26)10-1-2-12-13(9-10)21-23-20-12/h5,8,10-11H,1-4,6-7,9H2,(H,20,21,23). The molecule has 1 N–H and O–H groups in total. The summed E-state index contributed by atoms with van der Waals surface area (Å²) in [7, 11) is 0. The number of halogens is 3. The molecule has 0 radical (unpaired) electrons.